The molecule has 1 saturated heterocycles. The molecule has 0 radical (unpaired) electrons. The van der Waals surface area contributed by atoms with Crippen LogP contribution in [0.4, 0.5) is 5.69 Å². The Hall–Kier alpha value is -2.24. The van der Waals surface area contributed by atoms with Crippen molar-refractivity contribution in [2.24, 2.45) is 0 Å². The van der Waals surface area contributed by atoms with Crippen molar-refractivity contribution in [3.8, 4) is 11.5 Å². The Morgan fingerprint density at radius 3 is 2.12 bits per heavy atom. The van der Waals surface area contributed by atoms with E-state index in [2.05, 4.69) is 40.1 Å². The van der Waals surface area contributed by atoms with E-state index in [1.165, 1.54) is 5.69 Å². The summed E-state index contributed by atoms with van der Waals surface area (Å²) in [5.41, 5.74) is 1.31. The molecule has 1 N–H and O–H groups in total. The summed E-state index contributed by atoms with van der Waals surface area (Å²) in [5, 5.41) is 9.23. The Balaban J connectivity index is 1.35. The Bertz CT molecular complexity index is 638. The summed E-state index contributed by atoms with van der Waals surface area (Å²) in [6, 6.07) is 18.2. The monoisotopic (exact) mass is 356 g/mol. The molecule has 0 aliphatic carbocycles. The van der Waals surface area contributed by atoms with E-state index in [-0.39, 0.29) is 0 Å². The van der Waals surface area contributed by atoms with E-state index in [4.69, 9.17) is 9.47 Å². The normalized spacial score (nSPS) is 16.3. The second-order valence-corrected chi connectivity index (χ2v) is 6.64. The van der Waals surface area contributed by atoms with Gasteiger partial charge in [0.05, 0.1) is 6.10 Å². The highest BCUT2D eigenvalue weighted by molar-refractivity contribution is 5.46. The lowest BCUT2D eigenvalue weighted by Crippen LogP contribution is -2.47. The predicted molar refractivity (Wildman–Crippen MR) is 104 cm³/mol. The molecule has 3 rings (SSSR count). The van der Waals surface area contributed by atoms with Crippen molar-refractivity contribution in [2.75, 3.05) is 50.8 Å². The minimum atomic E-state index is -0.465. The largest absolute Gasteiger partial charge is 0.492 e. The summed E-state index contributed by atoms with van der Waals surface area (Å²) >= 11 is 0. The maximum atomic E-state index is 9.23. The van der Waals surface area contributed by atoms with Gasteiger partial charge in [0.2, 0.25) is 0 Å². The van der Waals surface area contributed by atoms with E-state index in [0.717, 1.165) is 44.2 Å². The van der Waals surface area contributed by atoms with Gasteiger partial charge in [-0.2, -0.15) is 0 Å². The zero-order valence-corrected chi connectivity index (χ0v) is 15.4. The van der Waals surface area contributed by atoms with Crippen LogP contribution in [-0.4, -0.2) is 62.0 Å². The molecule has 2 aromatic rings. The van der Waals surface area contributed by atoms with Gasteiger partial charge in [-0.05, 0) is 43.3 Å². The Kier molecular flexibility index (Phi) is 6.75. The van der Waals surface area contributed by atoms with Crippen LogP contribution in [0.25, 0.3) is 0 Å². The topological polar surface area (TPSA) is 45.2 Å². The van der Waals surface area contributed by atoms with Crippen LogP contribution in [0.2, 0.25) is 0 Å². The Labute approximate surface area is 155 Å². The second-order valence-electron chi connectivity index (χ2n) is 6.64. The van der Waals surface area contributed by atoms with Crippen molar-refractivity contribution < 1.29 is 14.6 Å². The Morgan fingerprint density at radius 1 is 0.885 bits per heavy atom. The number of piperazine rings is 1. The maximum Gasteiger partial charge on any atom is 0.119 e. The number of ether oxygens (including phenoxy) is 2. The van der Waals surface area contributed by atoms with Crippen LogP contribution in [-0.2, 0) is 0 Å². The van der Waals surface area contributed by atoms with Crippen LogP contribution in [0.3, 0.4) is 0 Å². The van der Waals surface area contributed by atoms with Crippen LogP contribution in [0.1, 0.15) is 6.92 Å². The standard InChI is InChI=1S/C21H28N2O3/c1-18(24)17-26-21-9-7-20(8-10-21)25-16-15-22-11-13-23(14-12-22)19-5-3-2-4-6-19/h2-10,18,24H,11-17H2,1H3. The first-order valence-corrected chi connectivity index (χ1v) is 9.27. The number of para-hydroxylation sites is 1. The number of aliphatic hydroxyl groups is 1. The lowest BCUT2D eigenvalue weighted by atomic mass is 10.2. The third-order valence-electron chi connectivity index (χ3n) is 4.48. The summed E-state index contributed by atoms with van der Waals surface area (Å²) < 4.78 is 11.3. The molecule has 0 bridgehead atoms. The number of anilines is 1. The number of aliphatic hydroxyl groups excluding tert-OH is 1. The summed E-state index contributed by atoms with van der Waals surface area (Å²) in [6.45, 7) is 7.85. The van der Waals surface area contributed by atoms with E-state index in [1.54, 1.807) is 6.92 Å². The highest BCUT2D eigenvalue weighted by Gasteiger charge is 2.16. The third-order valence-corrected chi connectivity index (χ3v) is 4.48. The van der Waals surface area contributed by atoms with Crippen molar-refractivity contribution in [2.45, 2.75) is 13.0 Å². The van der Waals surface area contributed by atoms with Crippen LogP contribution in [0, 0.1) is 0 Å². The zero-order chi connectivity index (χ0) is 18.2. The third kappa shape index (κ3) is 5.64. The van der Waals surface area contributed by atoms with Crippen LogP contribution >= 0.6 is 0 Å². The quantitative estimate of drug-likeness (QED) is 0.788. The van der Waals surface area contributed by atoms with Crippen LogP contribution in [0.5, 0.6) is 11.5 Å². The van der Waals surface area contributed by atoms with Gasteiger partial charge in [0.15, 0.2) is 0 Å². The number of hydrogen-bond donors (Lipinski definition) is 1. The van der Waals surface area contributed by atoms with Crippen LogP contribution in [0.15, 0.2) is 54.6 Å². The van der Waals surface area contributed by atoms with Gasteiger partial charge in [-0.3, -0.25) is 4.90 Å². The first kappa shape index (κ1) is 18.5. The molecular weight excluding hydrogens is 328 g/mol. The highest BCUT2D eigenvalue weighted by atomic mass is 16.5. The lowest BCUT2D eigenvalue weighted by Gasteiger charge is -2.36. The van der Waals surface area contributed by atoms with Gasteiger partial charge < -0.3 is 19.5 Å². The molecule has 1 heterocycles. The molecule has 140 valence electrons. The zero-order valence-electron chi connectivity index (χ0n) is 15.4. The fraction of sp³-hybridized carbons (Fsp3) is 0.429. The van der Waals surface area contributed by atoms with Gasteiger partial charge in [0.25, 0.3) is 0 Å². The molecule has 1 aliphatic heterocycles. The fourth-order valence-electron chi connectivity index (χ4n) is 3.01. The number of nitrogens with zero attached hydrogens (tertiary/aromatic N) is 2. The summed E-state index contributed by atoms with van der Waals surface area (Å²) in [5.74, 6) is 1.59. The minimum Gasteiger partial charge on any atom is -0.492 e. The SMILES string of the molecule is CC(O)COc1ccc(OCCN2CCN(c3ccccc3)CC2)cc1. The molecule has 0 saturated carbocycles. The van der Waals surface area contributed by atoms with Gasteiger partial charge in [0.1, 0.15) is 24.7 Å². The number of rotatable bonds is 8. The molecule has 1 atom stereocenters. The average Bonchev–Trinajstić information content (AvgIpc) is 2.68. The second kappa shape index (κ2) is 9.46. The molecule has 2 aromatic carbocycles. The molecule has 1 fully saturated rings. The van der Waals surface area contributed by atoms with Crippen molar-refractivity contribution in [1.29, 1.82) is 0 Å². The van der Waals surface area contributed by atoms with Gasteiger partial charge >= 0.3 is 0 Å². The minimum absolute atomic E-state index is 0.301. The molecule has 5 heteroatoms. The average molecular weight is 356 g/mol. The van der Waals surface area contributed by atoms with E-state index in [0.29, 0.717) is 13.2 Å². The summed E-state index contributed by atoms with van der Waals surface area (Å²) in [4.78, 5) is 4.88. The fourth-order valence-corrected chi connectivity index (χ4v) is 3.01. The lowest BCUT2D eigenvalue weighted by molar-refractivity contribution is 0.122. The summed E-state index contributed by atoms with van der Waals surface area (Å²) in [7, 11) is 0. The molecule has 26 heavy (non-hydrogen) atoms. The van der Waals surface area contributed by atoms with E-state index in [9.17, 15) is 5.11 Å². The number of benzene rings is 2. The van der Waals surface area contributed by atoms with E-state index < -0.39 is 6.10 Å². The van der Waals surface area contributed by atoms with Gasteiger partial charge in [-0.25, -0.2) is 0 Å². The molecule has 0 aromatic heterocycles. The van der Waals surface area contributed by atoms with Gasteiger partial charge in [-0.1, -0.05) is 18.2 Å². The Morgan fingerprint density at radius 2 is 1.50 bits per heavy atom. The molecule has 0 amide bonds. The van der Waals surface area contributed by atoms with Gasteiger partial charge in [0, 0.05) is 38.4 Å². The van der Waals surface area contributed by atoms with Crippen molar-refractivity contribution >= 4 is 5.69 Å². The highest BCUT2D eigenvalue weighted by Crippen LogP contribution is 2.18. The van der Waals surface area contributed by atoms with Gasteiger partial charge in [-0.15, -0.1) is 0 Å². The maximum absolute atomic E-state index is 9.23. The van der Waals surface area contributed by atoms with E-state index in [1.807, 2.05) is 24.3 Å². The first-order chi connectivity index (χ1) is 12.7. The van der Waals surface area contributed by atoms with Crippen molar-refractivity contribution in [3.05, 3.63) is 54.6 Å². The van der Waals surface area contributed by atoms with Crippen LogP contribution < -0.4 is 14.4 Å². The van der Waals surface area contributed by atoms with Crippen molar-refractivity contribution in [1.82, 2.24) is 4.90 Å². The smallest absolute Gasteiger partial charge is 0.119 e. The summed E-state index contributed by atoms with van der Waals surface area (Å²) in [6.07, 6.45) is -0.465. The molecular formula is C21H28N2O3. The first-order valence-electron chi connectivity index (χ1n) is 9.27. The molecule has 1 aliphatic rings. The van der Waals surface area contributed by atoms with E-state index >= 15 is 0 Å². The number of hydrogen-bond acceptors (Lipinski definition) is 5. The molecule has 5 nitrogen and oxygen atoms in total. The van der Waals surface area contributed by atoms with Crippen molar-refractivity contribution in [3.63, 3.8) is 0 Å². The predicted octanol–water partition coefficient (Wildman–Crippen LogP) is 2.65. The molecule has 0 spiro atoms. The molecule has 1 unspecified atom stereocenters.